The Hall–Kier alpha value is -0.660. The van der Waals surface area contributed by atoms with Crippen molar-refractivity contribution < 1.29 is 9.53 Å². The first-order chi connectivity index (χ1) is 4.83. The molecule has 56 valence electrons. The minimum absolute atomic E-state index is 0.0717. The lowest BCUT2D eigenvalue weighted by molar-refractivity contribution is 0.185. The average molecular weight is 141 g/mol. The van der Waals surface area contributed by atoms with Crippen LogP contribution >= 0.6 is 0 Å². The van der Waals surface area contributed by atoms with E-state index in [9.17, 15) is 4.79 Å². The SMILES string of the molecule is COCCC1(N=C=O)CC1. The van der Waals surface area contributed by atoms with Gasteiger partial charge in [0, 0.05) is 13.7 Å². The average Bonchev–Trinajstić information content (AvgIpc) is 2.67. The first kappa shape index (κ1) is 7.45. The normalized spacial score (nSPS) is 19.7. The summed E-state index contributed by atoms with van der Waals surface area (Å²) in [5.74, 6) is 0. The van der Waals surface area contributed by atoms with Gasteiger partial charge >= 0.3 is 0 Å². The molecule has 0 aliphatic heterocycles. The number of nitrogens with zero attached hydrogens (tertiary/aromatic N) is 1. The van der Waals surface area contributed by atoms with Crippen LogP contribution in [0.5, 0.6) is 0 Å². The van der Waals surface area contributed by atoms with Crippen molar-refractivity contribution in [2.75, 3.05) is 13.7 Å². The number of methoxy groups -OCH3 is 1. The van der Waals surface area contributed by atoms with Crippen molar-refractivity contribution in [1.29, 1.82) is 0 Å². The van der Waals surface area contributed by atoms with Gasteiger partial charge in [0.1, 0.15) is 0 Å². The fourth-order valence-corrected chi connectivity index (χ4v) is 0.951. The summed E-state index contributed by atoms with van der Waals surface area (Å²) >= 11 is 0. The summed E-state index contributed by atoms with van der Waals surface area (Å²) < 4.78 is 4.87. The first-order valence-electron chi connectivity index (χ1n) is 3.41. The van der Waals surface area contributed by atoms with Crippen LogP contribution in [-0.2, 0) is 9.53 Å². The molecule has 10 heavy (non-hydrogen) atoms. The molecule has 0 radical (unpaired) electrons. The summed E-state index contributed by atoms with van der Waals surface area (Å²) in [4.78, 5) is 13.6. The smallest absolute Gasteiger partial charge is 0.235 e. The molecule has 1 aliphatic rings. The molecule has 0 heterocycles. The lowest BCUT2D eigenvalue weighted by Crippen LogP contribution is -2.07. The summed E-state index contributed by atoms with van der Waals surface area (Å²) in [6, 6.07) is 0. The third kappa shape index (κ3) is 1.66. The molecule has 1 saturated carbocycles. The summed E-state index contributed by atoms with van der Waals surface area (Å²) in [6.07, 6.45) is 4.50. The first-order valence-corrected chi connectivity index (χ1v) is 3.41. The number of hydrogen-bond donors (Lipinski definition) is 0. The molecule has 1 aliphatic carbocycles. The lowest BCUT2D eigenvalue weighted by atomic mass is 10.2. The van der Waals surface area contributed by atoms with Gasteiger partial charge in [-0.25, -0.2) is 4.79 Å². The van der Waals surface area contributed by atoms with E-state index >= 15 is 0 Å². The van der Waals surface area contributed by atoms with Crippen molar-refractivity contribution in [3.8, 4) is 0 Å². The van der Waals surface area contributed by atoms with E-state index in [0.29, 0.717) is 6.61 Å². The van der Waals surface area contributed by atoms with Gasteiger partial charge in [0.25, 0.3) is 0 Å². The molecule has 0 bridgehead atoms. The van der Waals surface area contributed by atoms with Crippen molar-refractivity contribution in [3.63, 3.8) is 0 Å². The van der Waals surface area contributed by atoms with Gasteiger partial charge in [-0.15, -0.1) is 0 Å². The summed E-state index contributed by atoms with van der Waals surface area (Å²) in [5.41, 5.74) is -0.0717. The zero-order chi connectivity index (χ0) is 7.45. The third-order valence-corrected chi connectivity index (χ3v) is 1.88. The molecule has 0 atom stereocenters. The van der Waals surface area contributed by atoms with Crippen LogP contribution in [0.4, 0.5) is 0 Å². The lowest BCUT2D eigenvalue weighted by Gasteiger charge is -2.04. The van der Waals surface area contributed by atoms with E-state index in [0.717, 1.165) is 19.3 Å². The predicted molar refractivity (Wildman–Crippen MR) is 36.6 cm³/mol. The second kappa shape index (κ2) is 2.95. The van der Waals surface area contributed by atoms with Gasteiger partial charge in [-0.2, -0.15) is 4.99 Å². The molecular formula is C7H11NO2. The Bertz CT molecular complexity index is 157. The number of rotatable bonds is 4. The van der Waals surface area contributed by atoms with Gasteiger partial charge in [-0.1, -0.05) is 0 Å². The monoisotopic (exact) mass is 141 g/mol. The quantitative estimate of drug-likeness (QED) is 0.431. The van der Waals surface area contributed by atoms with Crippen LogP contribution in [0, 0.1) is 0 Å². The second-order valence-electron chi connectivity index (χ2n) is 2.67. The molecule has 0 aromatic rings. The van der Waals surface area contributed by atoms with Crippen LogP contribution in [0.2, 0.25) is 0 Å². The molecular weight excluding hydrogens is 130 g/mol. The van der Waals surface area contributed by atoms with Crippen LogP contribution in [0.25, 0.3) is 0 Å². The number of isocyanates is 1. The minimum Gasteiger partial charge on any atom is -0.385 e. The van der Waals surface area contributed by atoms with E-state index < -0.39 is 0 Å². The van der Waals surface area contributed by atoms with Gasteiger partial charge in [0.05, 0.1) is 5.54 Å². The Kier molecular flexibility index (Phi) is 2.20. The molecule has 0 N–H and O–H groups in total. The van der Waals surface area contributed by atoms with E-state index in [-0.39, 0.29) is 5.54 Å². The molecule has 0 saturated heterocycles. The van der Waals surface area contributed by atoms with Gasteiger partial charge in [-0.05, 0) is 19.3 Å². The van der Waals surface area contributed by atoms with Gasteiger partial charge < -0.3 is 4.74 Å². The molecule has 3 heteroatoms. The molecule has 0 aromatic carbocycles. The molecule has 0 amide bonds. The number of carbonyl (C=O) groups excluding carboxylic acids is 1. The Morgan fingerprint density at radius 3 is 2.80 bits per heavy atom. The van der Waals surface area contributed by atoms with Gasteiger partial charge in [0.15, 0.2) is 0 Å². The van der Waals surface area contributed by atoms with Crippen molar-refractivity contribution in [2.45, 2.75) is 24.8 Å². The largest absolute Gasteiger partial charge is 0.385 e. The maximum Gasteiger partial charge on any atom is 0.235 e. The Labute approximate surface area is 60.1 Å². The maximum atomic E-state index is 9.89. The molecule has 3 nitrogen and oxygen atoms in total. The Morgan fingerprint density at radius 1 is 1.70 bits per heavy atom. The molecule has 1 rings (SSSR count). The highest BCUT2D eigenvalue weighted by atomic mass is 16.5. The summed E-state index contributed by atoms with van der Waals surface area (Å²) in [7, 11) is 1.65. The fraction of sp³-hybridized carbons (Fsp3) is 0.857. The van der Waals surface area contributed by atoms with E-state index in [4.69, 9.17) is 4.74 Å². The second-order valence-corrected chi connectivity index (χ2v) is 2.67. The molecule has 0 unspecified atom stereocenters. The van der Waals surface area contributed by atoms with Crippen molar-refractivity contribution >= 4 is 6.08 Å². The minimum atomic E-state index is -0.0717. The predicted octanol–water partition coefficient (Wildman–Crippen LogP) is 0.891. The van der Waals surface area contributed by atoms with E-state index in [1.54, 1.807) is 13.2 Å². The van der Waals surface area contributed by atoms with E-state index in [2.05, 4.69) is 4.99 Å². The highest BCUT2D eigenvalue weighted by Gasteiger charge is 2.42. The van der Waals surface area contributed by atoms with Gasteiger partial charge in [-0.3, -0.25) is 0 Å². The maximum absolute atomic E-state index is 9.89. The van der Waals surface area contributed by atoms with Gasteiger partial charge in [0.2, 0.25) is 6.08 Å². The topological polar surface area (TPSA) is 38.7 Å². The number of aliphatic imine (C=N–C) groups is 1. The van der Waals surface area contributed by atoms with Crippen molar-refractivity contribution in [3.05, 3.63) is 0 Å². The Balaban J connectivity index is 2.30. The summed E-state index contributed by atoms with van der Waals surface area (Å²) in [5, 5.41) is 0. The zero-order valence-corrected chi connectivity index (χ0v) is 6.09. The highest BCUT2D eigenvalue weighted by Crippen LogP contribution is 2.42. The zero-order valence-electron chi connectivity index (χ0n) is 6.09. The van der Waals surface area contributed by atoms with Crippen molar-refractivity contribution in [2.24, 2.45) is 4.99 Å². The number of ether oxygens (including phenoxy) is 1. The summed E-state index contributed by atoms with van der Waals surface area (Å²) in [6.45, 7) is 0.686. The van der Waals surface area contributed by atoms with Crippen molar-refractivity contribution in [1.82, 2.24) is 0 Å². The fourth-order valence-electron chi connectivity index (χ4n) is 0.951. The van der Waals surface area contributed by atoms with Crippen LogP contribution in [-0.4, -0.2) is 25.3 Å². The molecule has 1 fully saturated rings. The van der Waals surface area contributed by atoms with E-state index in [1.807, 2.05) is 0 Å². The highest BCUT2D eigenvalue weighted by molar-refractivity contribution is 5.36. The Morgan fingerprint density at radius 2 is 2.40 bits per heavy atom. The standard InChI is InChI=1S/C7H11NO2/c1-10-5-4-7(2-3-7)8-6-9/h2-5H2,1H3. The van der Waals surface area contributed by atoms with Crippen LogP contribution in [0.1, 0.15) is 19.3 Å². The molecule has 0 spiro atoms. The number of hydrogen-bond acceptors (Lipinski definition) is 3. The van der Waals surface area contributed by atoms with Crippen LogP contribution in [0.15, 0.2) is 4.99 Å². The van der Waals surface area contributed by atoms with E-state index in [1.165, 1.54) is 0 Å². The van der Waals surface area contributed by atoms with Crippen LogP contribution in [0.3, 0.4) is 0 Å². The van der Waals surface area contributed by atoms with Crippen LogP contribution < -0.4 is 0 Å². The third-order valence-electron chi connectivity index (χ3n) is 1.88. The molecule has 0 aromatic heterocycles.